The molecule has 0 amide bonds. The largest absolute Gasteiger partial charge is 0.550 e. The van der Waals surface area contributed by atoms with Crippen LogP contribution in [0.4, 0.5) is 0 Å². The van der Waals surface area contributed by atoms with Crippen LogP contribution in [0, 0.1) is 0 Å². The minimum atomic E-state index is -1.25. The Morgan fingerprint density at radius 2 is 1.88 bits per heavy atom. The van der Waals surface area contributed by atoms with E-state index in [-0.39, 0.29) is 12.2 Å². The van der Waals surface area contributed by atoms with Crippen molar-refractivity contribution >= 4 is 41.0 Å². The number of hydrogen-bond donors (Lipinski definition) is 0. The second-order valence-corrected chi connectivity index (χ2v) is 5.76. The first-order chi connectivity index (χ1) is 11.4. The highest BCUT2D eigenvalue weighted by Gasteiger charge is 2.09. The number of rotatable bonds is 6. The van der Waals surface area contributed by atoms with Crippen molar-refractivity contribution in [2.45, 2.75) is 6.42 Å². The Kier molecular flexibility index (Phi) is 6.01. The number of hydrogen-bond acceptors (Lipinski definition) is 4. The molecule has 0 saturated carbocycles. The number of benzene rings is 2. The van der Waals surface area contributed by atoms with Crippen LogP contribution in [0.15, 0.2) is 42.5 Å². The number of carboxylic acid groups (broad SMARTS) is 1. The van der Waals surface area contributed by atoms with Crippen molar-refractivity contribution in [3.8, 4) is 5.75 Å². The normalized spacial score (nSPS) is 10.8. The number of ether oxygens (including phenoxy) is 1. The van der Waals surface area contributed by atoms with Gasteiger partial charge in [0, 0.05) is 23.5 Å². The average Bonchev–Trinajstić information content (AvgIpc) is 2.55. The first kappa shape index (κ1) is 18.0. The summed E-state index contributed by atoms with van der Waals surface area (Å²) in [5.41, 5.74) is 1.45. The summed E-state index contributed by atoms with van der Waals surface area (Å²) in [7, 11) is 1.43. The van der Waals surface area contributed by atoms with Gasteiger partial charge in [-0.1, -0.05) is 35.3 Å². The molecule has 0 atom stereocenters. The van der Waals surface area contributed by atoms with Gasteiger partial charge in [-0.25, -0.2) is 0 Å². The number of aliphatic carboxylic acids is 1. The molecule has 0 aliphatic heterocycles. The highest BCUT2D eigenvalue weighted by molar-refractivity contribution is 6.42. The molecular weight excluding hydrogens is 351 g/mol. The second kappa shape index (κ2) is 7.99. The number of carboxylic acids is 1. The summed E-state index contributed by atoms with van der Waals surface area (Å²) in [5, 5.41) is 11.6. The van der Waals surface area contributed by atoms with Gasteiger partial charge in [-0.15, -0.1) is 0 Å². The second-order valence-electron chi connectivity index (χ2n) is 4.95. The molecule has 0 aliphatic rings. The van der Waals surface area contributed by atoms with Crippen molar-refractivity contribution < 1.29 is 19.4 Å². The summed E-state index contributed by atoms with van der Waals surface area (Å²) in [5.74, 6) is -1.13. The van der Waals surface area contributed by atoms with Crippen molar-refractivity contribution in [3.05, 3.63) is 69.2 Å². The molecule has 2 aromatic rings. The first-order valence-corrected chi connectivity index (χ1v) is 7.70. The van der Waals surface area contributed by atoms with Gasteiger partial charge in [0.25, 0.3) is 0 Å². The number of halogens is 2. The summed E-state index contributed by atoms with van der Waals surface area (Å²) in [6, 6.07) is 9.62. The smallest absolute Gasteiger partial charge is 0.185 e. The standard InChI is InChI=1S/C18H14Cl2O4/c1-24-17-7-4-12(9-13(17)10-18(22)23)16(21)6-3-11-2-5-14(19)15(20)8-11/h2-9H,10H2,1H3,(H,22,23)/p-1/b6-3+. The molecular formula is C18H13Cl2O4-. The van der Waals surface area contributed by atoms with Crippen LogP contribution in [0.3, 0.4) is 0 Å². The molecule has 2 rings (SSSR count). The molecule has 0 fully saturated rings. The van der Waals surface area contributed by atoms with E-state index in [1.165, 1.54) is 19.3 Å². The lowest BCUT2D eigenvalue weighted by Crippen LogP contribution is -2.24. The molecule has 24 heavy (non-hydrogen) atoms. The molecule has 0 radical (unpaired) electrons. The molecule has 0 bridgehead atoms. The van der Waals surface area contributed by atoms with Crippen molar-refractivity contribution in [2.24, 2.45) is 0 Å². The Morgan fingerprint density at radius 3 is 2.50 bits per heavy atom. The predicted molar refractivity (Wildman–Crippen MR) is 91.5 cm³/mol. The van der Waals surface area contributed by atoms with E-state index in [2.05, 4.69) is 0 Å². The third-order valence-corrected chi connectivity index (χ3v) is 4.01. The van der Waals surface area contributed by atoms with Crippen LogP contribution in [0.2, 0.25) is 10.0 Å². The highest BCUT2D eigenvalue weighted by atomic mass is 35.5. The molecule has 6 heteroatoms. The van der Waals surface area contributed by atoms with Gasteiger partial charge in [-0.3, -0.25) is 4.79 Å². The lowest BCUT2D eigenvalue weighted by Gasteiger charge is -2.10. The van der Waals surface area contributed by atoms with Gasteiger partial charge in [-0.05, 0) is 42.0 Å². The zero-order valence-corrected chi connectivity index (χ0v) is 14.2. The molecule has 0 aliphatic carbocycles. The summed E-state index contributed by atoms with van der Waals surface area (Å²) in [6.07, 6.45) is 2.65. The highest BCUT2D eigenvalue weighted by Crippen LogP contribution is 2.24. The third kappa shape index (κ3) is 4.60. The van der Waals surface area contributed by atoms with Crippen LogP contribution >= 0.6 is 23.2 Å². The Balaban J connectivity index is 2.24. The zero-order valence-electron chi connectivity index (χ0n) is 12.7. The molecule has 0 heterocycles. The zero-order chi connectivity index (χ0) is 17.7. The third-order valence-electron chi connectivity index (χ3n) is 3.27. The van der Waals surface area contributed by atoms with E-state index in [1.54, 1.807) is 36.4 Å². The van der Waals surface area contributed by atoms with Crippen LogP contribution in [-0.4, -0.2) is 18.9 Å². The number of methoxy groups -OCH3 is 1. The molecule has 0 spiro atoms. The molecule has 0 unspecified atom stereocenters. The average molecular weight is 364 g/mol. The van der Waals surface area contributed by atoms with Crippen LogP contribution < -0.4 is 9.84 Å². The van der Waals surface area contributed by atoms with Crippen molar-refractivity contribution in [3.63, 3.8) is 0 Å². The summed E-state index contributed by atoms with van der Waals surface area (Å²) < 4.78 is 5.09. The molecule has 4 nitrogen and oxygen atoms in total. The number of carbonyl (C=O) groups excluding carboxylic acids is 2. The Morgan fingerprint density at radius 1 is 1.12 bits per heavy atom. The van der Waals surface area contributed by atoms with Crippen LogP contribution in [-0.2, 0) is 11.2 Å². The van der Waals surface area contributed by atoms with E-state index in [1.807, 2.05) is 0 Å². The number of allylic oxidation sites excluding steroid dienone is 1. The van der Waals surface area contributed by atoms with Gasteiger partial charge in [0.15, 0.2) is 5.78 Å². The van der Waals surface area contributed by atoms with E-state index in [4.69, 9.17) is 27.9 Å². The number of carbonyl (C=O) groups is 2. The van der Waals surface area contributed by atoms with Gasteiger partial charge >= 0.3 is 0 Å². The van der Waals surface area contributed by atoms with E-state index >= 15 is 0 Å². The summed E-state index contributed by atoms with van der Waals surface area (Å²) in [6.45, 7) is 0. The van der Waals surface area contributed by atoms with Crippen molar-refractivity contribution in [1.29, 1.82) is 0 Å². The van der Waals surface area contributed by atoms with Gasteiger partial charge in [0.2, 0.25) is 0 Å². The monoisotopic (exact) mass is 363 g/mol. The summed E-state index contributed by atoms with van der Waals surface area (Å²) in [4.78, 5) is 23.1. The Bertz CT molecular complexity index is 813. The fraction of sp³-hybridized carbons (Fsp3) is 0.111. The van der Waals surface area contributed by atoms with E-state index in [9.17, 15) is 14.7 Å². The van der Waals surface area contributed by atoms with Gasteiger partial charge in [-0.2, -0.15) is 0 Å². The van der Waals surface area contributed by atoms with E-state index in [0.717, 1.165) is 5.56 Å². The summed E-state index contributed by atoms with van der Waals surface area (Å²) >= 11 is 11.8. The maximum atomic E-state index is 12.3. The molecule has 0 N–H and O–H groups in total. The minimum absolute atomic E-state index is 0.275. The van der Waals surface area contributed by atoms with Crippen molar-refractivity contribution in [2.75, 3.05) is 7.11 Å². The Hall–Kier alpha value is -2.30. The predicted octanol–water partition coefficient (Wildman–Crippen LogP) is 3.19. The topological polar surface area (TPSA) is 66.4 Å². The minimum Gasteiger partial charge on any atom is -0.550 e. The van der Waals surface area contributed by atoms with Gasteiger partial charge in [0.1, 0.15) is 5.75 Å². The molecule has 2 aromatic carbocycles. The quantitative estimate of drug-likeness (QED) is 0.583. The molecule has 0 saturated heterocycles. The van der Waals surface area contributed by atoms with Gasteiger partial charge < -0.3 is 14.6 Å². The Labute approximate surface area is 149 Å². The van der Waals surface area contributed by atoms with Crippen LogP contribution in [0.1, 0.15) is 21.5 Å². The lowest BCUT2D eigenvalue weighted by atomic mass is 10.0. The molecule has 124 valence electrons. The van der Waals surface area contributed by atoms with E-state index in [0.29, 0.717) is 26.9 Å². The van der Waals surface area contributed by atoms with Crippen LogP contribution in [0.5, 0.6) is 5.75 Å². The van der Waals surface area contributed by atoms with Gasteiger partial charge in [0.05, 0.1) is 17.2 Å². The van der Waals surface area contributed by atoms with Crippen molar-refractivity contribution in [1.82, 2.24) is 0 Å². The fourth-order valence-electron chi connectivity index (χ4n) is 2.11. The fourth-order valence-corrected chi connectivity index (χ4v) is 2.42. The number of ketones is 1. The molecule has 0 aromatic heterocycles. The van der Waals surface area contributed by atoms with Crippen LogP contribution in [0.25, 0.3) is 6.08 Å². The lowest BCUT2D eigenvalue weighted by molar-refractivity contribution is -0.304. The SMILES string of the molecule is COc1ccc(C(=O)/C=C/c2ccc(Cl)c(Cl)c2)cc1CC(=O)[O-]. The maximum Gasteiger partial charge on any atom is 0.185 e. The van der Waals surface area contributed by atoms with E-state index < -0.39 is 5.97 Å². The first-order valence-electron chi connectivity index (χ1n) is 6.95. The maximum absolute atomic E-state index is 12.3.